The van der Waals surface area contributed by atoms with Crippen molar-refractivity contribution >= 4 is 11.9 Å². The van der Waals surface area contributed by atoms with Crippen LogP contribution in [0, 0.1) is 12.8 Å². The van der Waals surface area contributed by atoms with E-state index >= 15 is 0 Å². The van der Waals surface area contributed by atoms with Crippen molar-refractivity contribution in [2.75, 3.05) is 13.1 Å². The Hall–Kier alpha value is -2.68. The highest BCUT2D eigenvalue weighted by Gasteiger charge is 2.38. The molecular formula is C19H25N5O4. The van der Waals surface area contributed by atoms with Crippen molar-refractivity contribution in [1.82, 2.24) is 25.2 Å². The molecule has 2 fully saturated rings. The van der Waals surface area contributed by atoms with Gasteiger partial charge in [-0.3, -0.25) is 19.2 Å². The number of carboxylic acid groups (broad SMARTS) is 1. The molecule has 0 saturated heterocycles. The molecule has 150 valence electrons. The first-order valence-electron chi connectivity index (χ1n) is 9.67. The number of carbonyl (C=O) groups is 2. The van der Waals surface area contributed by atoms with Crippen molar-refractivity contribution in [1.29, 1.82) is 0 Å². The largest absolute Gasteiger partial charge is 0.480 e. The van der Waals surface area contributed by atoms with Gasteiger partial charge in [0.1, 0.15) is 6.54 Å². The van der Waals surface area contributed by atoms with Gasteiger partial charge in [0.15, 0.2) is 11.5 Å². The lowest BCUT2D eigenvalue weighted by Gasteiger charge is -2.42. The molecule has 4 rings (SSSR count). The maximum atomic E-state index is 12.4. The topological polar surface area (TPSA) is 113 Å². The van der Waals surface area contributed by atoms with Gasteiger partial charge in [0.2, 0.25) is 0 Å². The quantitative estimate of drug-likeness (QED) is 0.666. The molecule has 2 saturated carbocycles. The van der Waals surface area contributed by atoms with Gasteiger partial charge in [-0.05, 0) is 44.1 Å². The third kappa shape index (κ3) is 4.59. The van der Waals surface area contributed by atoms with E-state index in [0.717, 1.165) is 24.9 Å². The Labute approximate surface area is 162 Å². The van der Waals surface area contributed by atoms with E-state index in [-0.39, 0.29) is 30.2 Å². The summed E-state index contributed by atoms with van der Waals surface area (Å²) in [4.78, 5) is 25.5. The summed E-state index contributed by atoms with van der Waals surface area (Å²) in [5, 5.41) is 20.1. The Morgan fingerprint density at radius 3 is 2.82 bits per heavy atom. The molecule has 9 heteroatoms. The minimum Gasteiger partial charge on any atom is -0.480 e. The molecule has 0 unspecified atom stereocenters. The van der Waals surface area contributed by atoms with E-state index in [1.807, 2.05) is 18.0 Å². The van der Waals surface area contributed by atoms with Crippen molar-refractivity contribution in [3.8, 4) is 0 Å². The highest BCUT2D eigenvalue weighted by molar-refractivity contribution is 5.92. The first-order valence-corrected chi connectivity index (χ1v) is 9.67. The van der Waals surface area contributed by atoms with Crippen LogP contribution in [0.1, 0.15) is 47.5 Å². The molecule has 0 radical (unpaired) electrons. The van der Waals surface area contributed by atoms with E-state index in [1.54, 1.807) is 16.9 Å². The molecule has 0 atom stereocenters. The van der Waals surface area contributed by atoms with E-state index in [1.165, 1.54) is 12.8 Å². The van der Waals surface area contributed by atoms with Crippen LogP contribution in [-0.4, -0.2) is 62.0 Å². The minimum atomic E-state index is -0.796. The molecular weight excluding hydrogens is 362 g/mol. The summed E-state index contributed by atoms with van der Waals surface area (Å²) in [6.07, 6.45) is 7.56. The van der Waals surface area contributed by atoms with Crippen molar-refractivity contribution in [2.45, 2.75) is 51.2 Å². The van der Waals surface area contributed by atoms with Crippen LogP contribution in [0.5, 0.6) is 0 Å². The van der Waals surface area contributed by atoms with Crippen LogP contribution >= 0.6 is 0 Å². The number of carboxylic acids is 1. The smallest absolute Gasteiger partial charge is 0.317 e. The summed E-state index contributed by atoms with van der Waals surface area (Å²) in [5.74, 6) is 0.148. The molecule has 0 aliphatic heterocycles. The third-order valence-corrected chi connectivity index (χ3v) is 5.36. The lowest BCUT2D eigenvalue weighted by Crippen LogP contribution is -2.55. The average Bonchev–Trinajstić information content (AvgIpc) is 3.12. The van der Waals surface area contributed by atoms with E-state index in [4.69, 9.17) is 9.63 Å². The van der Waals surface area contributed by atoms with Crippen LogP contribution < -0.4 is 5.32 Å². The van der Waals surface area contributed by atoms with Gasteiger partial charge in [-0.1, -0.05) is 5.16 Å². The van der Waals surface area contributed by atoms with Crippen LogP contribution in [0.2, 0.25) is 0 Å². The molecule has 2 heterocycles. The molecule has 2 aromatic heterocycles. The van der Waals surface area contributed by atoms with E-state index in [9.17, 15) is 9.59 Å². The molecule has 28 heavy (non-hydrogen) atoms. The van der Waals surface area contributed by atoms with Gasteiger partial charge < -0.3 is 14.9 Å². The normalized spacial score (nSPS) is 21.5. The second-order valence-electron chi connectivity index (χ2n) is 7.96. The zero-order valence-electron chi connectivity index (χ0n) is 15.9. The van der Waals surface area contributed by atoms with E-state index < -0.39 is 5.97 Å². The Morgan fingerprint density at radius 1 is 1.39 bits per heavy atom. The molecule has 0 bridgehead atoms. The maximum absolute atomic E-state index is 12.4. The standard InChI is InChI=1S/C19H25N5O4/c1-12-7-20-24(8-12)10-16-6-17(22-28-16)19(27)21-14-4-15(5-14)23(11-18(25)26)9-13-2-3-13/h6-8,13-15H,2-5,9-11H2,1H3,(H,21,27)(H,25,26). The molecule has 2 N–H and O–H groups in total. The summed E-state index contributed by atoms with van der Waals surface area (Å²) < 4.78 is 6.97. The van der Waals surface area contributed by atoms with Gasteiger partial charge in [0.05, 0.1) is 12.7 Å². The van der Waals surface area contributed by atoms with Crippen LogP contribution in [0.3, 0.4) is 0 Å². The van der Waals surface area contributed by atoms with E-state index in [2.05, 4.69) is 15.6 Å². The number of aryl methyl sites for hydroxylation is 1. The summed E-state index contributed by atoms with van der Waals surface area (Å²) in [5.41, 5.74) is 1.30. The van der Waals surface area contributed by atoms with Gasteiger partial charge in [-0.25, -0.2) is 0 Å². The molecule has 2 aromatic rings. The van der Waals surface area contributed by atoms with Crippen LogP contribution in [0.4, 0.5) is 0 Å². The molecule has 2 aliphatic carbocycles. The van der Waals surface area contributed by atoms with Gasteiger partial charge in [-0.2, -0.15) is 5.10 Å². The van der Waals surface area contributed by atoms with Crippen LogP contribution in [0.15, 0.2) is 23.0 Å². The fraction of sp³-hybridized carbons (Fsp3) is 0.579. The number of rotatable bonds is 9. The van der Waals surface area contributed by atoms with Gasteiger partial charge in [0, 0.05) is 30.9 Å². The highest BCUT2D eigenvalue weighted by Crippen LogP contribution is 2.33. The van der Waals surface area contributed by atoms with Crippen LogP contribution in [-0.2, 0) is 11.3 Å². The van der Waals surface area contributed by atoms with Crippen molar-refractivity contribution < 1.29 is 19.2 Å². The molecule has 1 amide bonds. The van der Waals surface area contributed by atoms with Crippen LogP contribution in [0.25, 0.3) is 0 Å². The summed E-state index contributed by atoms with van der Waals surface area (Å²) >= 11 is 0. The Morgan fingerprint density at radius 2 is 2.18 bits per heavy atom. The van der Waals surface area contributed by atoms with E-state index in [0.29, 0.717) is 18.2 Å². The third-order valence-electron chi connectivity index (χ3n) is 5.36. The molecule has 0 aromatic carbocycles. The summed E-state index contributed by atoms with van der Waals surface area (Å²) in [6.45, 7) is 3.29. The number of aliphatic carboxylic acids is 1. The Balaban J connectivity index is 1.26. The highest BCUT2D eigenvalue weighted by atomic mass is 16.5. The number of amides is 1. The fourth-order valence-electron chi connectivity index (χ4n) is 3.62. The molecule has 0 spiro atoms. The second kappa shape index (κ2) is 7.75. The number of nitrogens with zero attached hydrogens (tertiary/aromatic N) is 4. The maximum Gasteiger partial charge on any atom is 0.317 e. The van der Waals surface area contributed by atoms with Gasteiger partial charge in [0.25, 0.3) is 5.91 Å². The second-order valence-corrected chi connectivity index (χ2v) is 7.96. The zero-order valence-corrected chi connectivity index (χ0v) is 15.9. The fourth-order valence-corrected chi connectivity index (χ4v) is 3.62. The number of aromatic nitrogens is 3. The predicted octanol–water partition coefficient (Wildman–Crippen LogP) is 1.29. The first kappa shape index (κ1) is 18.7. The number of hydrogen-bond donors (Lipinski definition) is 2. The van der Waals surface area contributed by atoms with Crippen molar-refractivity contribution in [2.24, 2.45) is 5.92 Å². The predicted molar refractivity (Wildman–Crippen MR) is 98.8 cm³/mol. The summed E-state index contributed by atoms with van der Waals surface area (Å²) in [7, 11) is 0. The molecule has 2 aliphatic rings. The Bertz CT molecular complexity index is 850. The average molecular weight is 387 g/mol. The number of nitrogens with one attached hydrogen (secondary N) is 1. The van der Waals surface area contributed by atoms with Gasteiger partial charge in [-0.15, -0.1) is 0 Å². The summed E-state index contributed by atoms with van der Waals surface area (Å²) in [6, 6.07) is 1.90. The number of carbonyl (C=O) groups excluding carboxylic acids is 1. The van der Waals surface area contributed by atoms with Crippen molar-refractivity contribution in [3.63, 3.8) is 0 Å². The lowest BCUT2D eigenvalue weighted by molar-refractivity contribution is -0.139. The molecule has 9 nitrogen and oxygen atoms in total. The van der Waals surface area contributed by atoms with Gasteiger partial charge >= 0.3 is 5.97 Å². The van der Waals surface area contributed by atoms with Crippen molar-refractivity contribution in [3.05, 3.63) is 35.5 Å². The zero-order chi connectivity index (χ0) is 19.7. The minimum absolute atomic E-state index is 0.0434. The monoisotopic (exact) mass is 387 g/mol. The lowest BCUT2D eigenvalue weighted by atomic mass is 9.85. The SMILES string of the molecule is Cc1cnn(Cc2cc(C(=O)NC3CC(N(CC(=O)O)CC4CC4)C3)no2)c1. The number of hydrogen-bond acceptors (Lipinski definition) is 6. The first-order chi connectivity index (χ1) is 13.5. The Kier molecular flexibility index (Phi) is 5.17.